The molecule has 7 heteroatoms. The Balaban J connectivity index is 1.70. The lowest BCUT2D eigenvalue weighted by Gasteiger charge is -2.34. The molecular formula is C19H15FN4O2. The fourth-order valence-electron chi connectivity index (χ4n) is 3.30. The van der Waals surface area contributed by atoms with E-state index in [1.54, 1.807) is 11.0 Å². The first-order valence-electron chi connectivity index (χ1n) is 8.26. The van der Waals surface area contributed by atoms with Crippen LogP contribution in [0, 0.1) is 17.7 Å². The van der Waals surface area contributed by atoms with Crippen molar-refractivity contribution in [3.8, 4) is 11.8 Å². The van der Waals surface area contributed by atoms with Crippen molar-refractivity contribution in [3.63, 3.8) is 0 Å². The Morgan fingerprint density at radius 2 is 2.12 bits per heavy atom. The number of hydrogen-bond donors (Lipinski definition) is 0. The standard InChI is InChI=1S/C19H15FN4O2/c1-12(25)16-5-6-17-19(22-16)24(15-8-9-23(17)11-15)18(26)7-4-14-3-2-13(20)10-21-14/h2-3,5-6,10,15H,8-9,11H2,1H3/t15-/m0/s1. The third-order valence-electron chi connectivity index (χ3n) is 4.56. The number of fused-ring (bicyclic) bond motifs is 4. The fourth-order valence-corrected chi connectivity index (χ4v) is 3.30. The molecule has 0 aromatic carbocycles. The number of hydrogen-bond acceptors (Lipinski definition) is 5. The number of carbonyl (C=O) groups is 2. The van der Waals surface area contributed by atoms with Crippen LogP contribution in [0.25, 0.3) is 0 Å². The largest absolute Gasteiger partial charge is 0.366 e. The average Bonchev–Trinajstić information content (AvgIpc) is 3.05. The van der Waals surface area contributed by atoms with Gasteiger partial charge in [0.25, 0.3) is 0 Å². The number of anilines is 2. The monoisotopic (exact) mass is 350 g/mol. The molecular weight excluding hydrogens is 335 g/mol. The molecule has 4 rings (SSSR count). The Morgan fingerprint density at radius 1 is 1.27 bits per heavy atom. The van der Waals surface area contributed by atoms with Gasteiger partial charge in [0.2, 0.25) is 0 Å². The second-order valence-corrected chi connectivity index (χ2v) is 6.27. The number of pyridine rings is 2. The molecule has 130 valence electrons. The van der Waals surface area contributed by atoms with Gasteiger partial charge >= 0.3 is 5.91 Å². The number of ketones is 1. The first-order valence-corrected chi connectivity index (χ1v) is 8.26. The van der Waals surface area contributed by atoms with Gasteiger partial charge in [-0.25, -0.2) is 14.4 Å². The molecule has 0 N–H and O–H groups in total. The molecule has 2 bridgehead atoms. The molecule has 6 nitrogen and oxygen atoms in total. The second-order valence-electron chi connectivity index (χ2n) is 6.27. The molecule has 0 unspecified atom stereocenters. The molecule has 4 heterocycles. The van der Waals surface area contributed by atoms with Crippen molar-refractivity contribution >= 4 is 23.2 Å². The molecule has 2 aromatic rings. The van der Waals surface area contributed by atoms with Gasteiger partial charge in [0.15, 0.2) is 11.6 Å². The summed E-state index contributed by atoms with van der Waals surface area (Å²) in [5, 5.41) is 0. The van der Waals surface area contributed by atoms with Gasteiger partial charge in [-0.15, -0.1) is 0 Å². The number of nitrogens with zero attached hydrogens (tertiary/aromatic N) is 4. The topological polar surface area (TPSA) is 66.4 Å². The number of halogens is 1. The quantitative estimate of drug-likeness (QED) is 0.580. The molecule has 1 amide bonds. The summed E-state index contributed by atoms with van der Waals surface area (Å²) in [6.45, 7) is 2.99. The predicted molar refractivity (Wildman–Crippen MR) is 93.4 cm³/mol. The molecule has 2 aliphatic heterocycles. The molecule has 1 saturated heterocycles. The van der Waals surface area contributed by atoms with Gasteiger partial charge < -0.3 is 4.90 Å². The van der Waals surface area contributed by atoms with E-state index in [4.69, 9.17) is 0 Å². The van der Waals surface area contributed by atoms with E-state index < -0.39 is 11.7 Å². The summed E-state index contributed by atoms with van der Waals surface area (Å²) in [6.07, 6.45) is 1.87. The van der Waals surface area contributed by atoms with E-state index in [1.165, 1.54) is 19.1 Å². The lowest BCUT2D eigenvalue weighted by Crippen LogP contribution is -2.46. The molecule has 2 aromatic heterocycles. The zero-order valence-corrected chi connectivity index (χ0v) is 14.1. The Hall–Kier alpha value is -3.27. The van der Waals surface area contributed by atoms with E-state index in [0.717, 1.165) is 31.4 Å². The minimum atomic E-state index is -0.459. The van der Waals surface area contributed by atoms with E-state index in [9.17, 15) is 14.0 Å². The fraction of sp³-hybridized carbons (Fsp3) is 0.263. The molecule has 1 fully saturated rings. The van der Waals surface area contributed by atoms with Gasteiger partial charge in [0.05, 0.1) is 17.9 Å². The summed E-state index contributed by atoms with van der Waals surface area (Å²) in [5.41, 5.74) is 1.46. The summed E-state index contributed by atoms with van der Waals surface area (Å²) in [4.78, 5) is 36.4. The molecule has 26 heavy (non-hydrogen) atoms. The van der Waals surface area contributed by atoms with Crippen LogP contribution < -0.4 is 9.80 Å². The molecule has 0 saturated carbocycles. The number of amides is 1. The average molecular weight is 350 g/mol. The summed E-state index contributed by atoms with van der Waals surface area (Å²) < 4.78 is 12.9. The summed E-state index contributed by atoms with van der Waals surface area (Å²) in [7, 11) is 0. The van der Waals surface area contributed by atoms with Crippen LogP contribution in [-0.4, -0.2) is 40.8 Å². The van der Waals surface area contributed by atoms with Crippen LogP contribution in [0.2, 0.25) is 0 Å². The van der Waals surface area contributed by atoms with Gasteiger partial charge in [-0.3, -0.25) is 14.5 Å². The minimum Gasteiger partial charge on any atom is -0.366 e. The van der Waals surface area contributed by atoms with Crippen LogP contribution in [0.15, 0.2) is 30.5 Å². The van der Waals surface area contributed by atoms with Crippen molar-refractivity contribution in [2.45, 2.75) is 19.4 Å². The maximum Gasteiger partial charge on any atom is 0.304 e. The third-order valence-corrected chi connectivity index (χ3v) is 4.56. The molecule has 0 spiro atoms. The lowest BCUT2D eigenvalue weighted by molar-refractivity contribution is -0.113. The third kappa shape index (κ3) is 2.80. The van der Waals surface area contributed by atoms with E-state index in [1.807, 2.05) is 6.07 Å². The summed E-state index contributed by atoms with van der Waals surface area (Å²) in [6, 6.07) is 6.14. The Morgan fingerprint density at radius 3 is 2.85 bits per heavy atom. The van der Waals surface area contributed by atoms with Crippen molar-refractivity contribution < 1.29 is 14.0 Å². The zero-order chi connectivity index (χ0) is 18.3. The van der Waals surface area contributed by atoms with Gasteiger partial charge in [-0.1, -0.05) is 0 Å². The van der Waals surface area contributed by atoms with Crippen LogP contribution in [0.3, 0.4) is 0 Å². The molecule has 0 radical (unpaired) electrons. The highest BCUT2D eigenvalue weighted by atomic mass is 19.1. The summed E-state index contributed by atoms with van der Waals surface area (Å²) in [5.74, 6) is 4.68. The van der Waals surface area contributed by atoms with Crippen LogP contribution in [0.1, 0.15) is 29.5 Å². The van der Waals surface area contributed by atoms with E-state index in [-0.39, 0.29) is 11.8 Å². The first kappa shape index (κ1) is 16.2. The van der Waals surface area contributed by atoms with Crippen molar-refractivity contribution in [2.24, 2.45) is 0 Å². The molecule has 0 aliphatic carbocycles. The SMILES string of the molecule is CC(=O)c1ccc2c(n1)N(C(=O)C#Cc1ccc(F)cn1)[C@H]1CCN2C1. The highest BCUT2D eigenvalue weighted by molar-refractivity contribution is 6.09. The Labute approximate surface area is 149 Å². The van der Waals surface area contributed by atoms with Crippen LogP contribution in [0.5, 0.6) is 0 Å². The van der Waals surface area contributed by atoms with Crippen LogP contribution >= 0.6 is 0 Å². The van der Waals surface area contributed by atoms with Crippen molar-refractivity contribution in [1.82, 2.24) is 9.97 Å². The van der Waals surface area contributed by atoms with Gasteiger partial charge in [0.1, 0.15) is 17.2 Å². The van der Waals surface area contributed by atoms with Gasteiger partial charge in [0, 0.05) is 25.9 Å². The van der Waals surface area contributed by atoms with Crippen LogP contribution in [-0.2, 0) is 4.79 Å². The number of Topliss-reactive ketones (excluding diaryl/α,β-unsaturated/α-hetero) is 1. The Kier molecular flexibility index (Phi) is 3.88. The number of aromatic nitrogens is 2. The van der Waals surface area contributed by atoms with Gasteiger partial charge in [-0.2, -0.15) is 0 Å². The highest BCUT2D eigenvalue weighted by Gasteiger charge is 2.39. The van der Waals surface area contributed by atoms with Gasteiger partial charge in [-0.05, 0) is 36.6 Å². The maximum atomic E-state index is 12.9. The molecule has 2 aliphatic rings. The van der Waals surface area contributed by atoms with E-state index in [2.05, 4.69) is 26.7 Å². The summed E-state index contributed by atoms with van der Waals surface area (Å²) >= 11 is 0. The first-order chi connectivity index (χ1) is 12.5. The maximum absolute atomic E-state index is 12.9. The zero-order valence-electron chi connectivity index (χ0n) is 14.1. The van der Waals surface area contributed by atoms with Crippen LogP contribution in [0.4, 0.5) is 15.9 Å². The van der Waals surface area contributed by atoms with E-state index in [0.29, 0.717) is 17.2 Å². The Bertz CT molecular complexity index is 962. The van der Waals surface area contributed by atoms with Crippen molar-refractivity contribution in [3.05, 3.63) is 47.7 Å². The van der Waals surface area contributed by atoms with E-state index >= 15 is 0 Å². The lowest BCUT2D eigenvalue weighted by atomic mass is 10.1. The molecule has 1 atom stereocenters. The smallest absolute Gasteiger partial charge is 0.304 e. The highest BCUT2D eigenvalue weighted by Crippen LogP contribution is 2.38. The minimum absolute atomic E-state index is 0.0276. The van der Waals surface area contributed by atoms with Crippen molar-refractivity contribution in [2.75, 3.05) is 22.9 Å². The number of rotatable bonds is 1. The second kappa shape index (κ2) is 6.23. The van der Waals surface area contributed by atoms with Crippen molar-refractivity contribution in [1.29, 1.82) is 0 Å². The predicted octanol–water partition coefficient (Wildman–Crippen LogP) is 1.80. The number of carbonyl (C=O) groups excluding carboxylic acids is 2. The normalized spacial score (nSPS) is 17.4.